The fourth-order valence-electron chi connectivity index (χ4n) is 1.40. The van der Waals surface area contributed by atoms with Gasteiger partial charge in [-0.2, -0.15) is 0 Å². The number of carbonyl (C=O) groups excluding carboxylic acids is 1. The van der Waals surface area contributed by atoms with Gasteiger partial charge in [-0.3, -0.25) is 15.0 Å². The van der Waals surface area contributed by atoms with E-state index < -0.39 is 5.97 Å². The van der Waals surface area contributed by atoms with E-state index in [4.69, 9.17) is 5.11 Å². The zero-order valence-electron chi connectivity index (χ0n) is 10.2. The van der Waals surface area contributed by atoms with Crippen molar-refractivity contribution < 1.29 is 14.7 Å². The van der Waals surface area contributed by atoms with E-state index in [1.54, 1.807) is 19.1 Å². The average molecular weight is 230 g/mol. The van der Waals surface area contributed by atoms with Crippen LogP contribution in [0, 0.1) is 0 Å². The molecule has 0 atom stereocenters. The minimum absolute atomic E-state index is 0.0375. The van der Waals surface area contributed by atoms with E-state index in [0.717, 1.165) is 32.1 Å². The summed E-state index contributed by atoms with van der Waals surface area (Å²) >= 11 is 0. The van der Waals surface area contributed by atoms with Crippen LogP contribution < -0.4 is 5.43 Å². The number of amides is 1. The fraction of sp³-hybridized carbons (Fsp3) is 0.818. The maximum Gasteiger partial charge on any atom is 0.303 e. The molecule has 0 saturated heterocycles. The van der Waals surface area contributed by atoms with Crippen LogP contribution >= 0.6 is 0 Å². The molecule has 0 bridgehead atoms. The van der Waals surface area contributed by atoms with Crippen molar-refractivity contribution in [2.75, 3.05) is 14.1 Å². The number of carboxylic acids is 1. The van der Waals surface area contributed by atoms with E-state index in [9.17, 15) is 9.59 Å². The molecule has 1 amide bonds. The highest BCUT2D eigenvalue weighted by Crippen LogP contribution is 2.07. The van der Waals surface area contributed by atoms with Crippen LogP contribution in [0.2, 0.25) is 0 Å². The highest BCUT2D eigenvalue weighted by Gasteiger charge is 2.01. The first-order valence-electron chi connectivity index (χ1n) is 5.71. The molecule has 0 heterocycles. The number of carbonyl (C=O) groups is 2. The second kappa shape index (κ2) is 9.15. The first-order chi connectivity index (χ1) is 7.52. The molecule has 2 N–H and O–H groups in total. The van der Waals surface area contributed by atoms with Crippen molar-refractivity contribution in [2.45, 2.75) is 44.9 Å². The molecule has 0 aromatic carbocycles. The number of hydrogen-bond donors (Lipinski definition) is 2. The monoisotopic (exact) mass is 230 g/mol. The molecule has 0 aromatic heterocycles. The van der Waals surface area contributed by atoms with Crippen LogP contribution in [0.5, 0.6) is 0 Å². The van der Waals surface area contributed by atoms with Gasteiger partial charge < -0.3 is 5.11 Å². The SMILES string of the molecule is CN(C)NC(=O)CCCCCCCC(=O)O. The van der Waals surface area contributed by atoms with Gasteiger partial charge in [0.05, 0.1) is 0 Å². The summed E-state index contributed by atoms with van der Waals surface area (Å²) in [5.74, 6) is -0.694. The van der Waals surface area contributed by atoms with Crippen LogP contribution in [0.1, 0.15) is 44.9 Å². The summed E-state index contributed by atoms with van der Waals surface area (Å²) in [5.41, 5.74) is 2.68. The van der Waals surface area contributed by atoms with Crippen molar-refractivity contribution in [3.8, 4) is 0 Å². The van der Waals surface area contributed by atoms with Crippen LogP contribution in [-0.2, 0) is 9.59 Å². The van der Waals surface area contributed by atoms with Gasteiger partial charge in [0.25, 0.3) is 0 Å². The Morgan fingerprint density at radius 1 is 1.00 bits per heavy atom. The van der Waals surface area contributed by atoms with Gasteiger partial charge in [-0.25, -0.2) is 5.01 Å². The lowest BCUT2D eigenvalue weighted by Crippen LogP contribution is -2.35. The smallest absolute Gasteiger partial charge is 0.303 e. The molecule has 0 aliphatic heterocycles. The standard InChI is InChI=1S/C11H22N2O3/c1-13(2)12-10(14)8-6-4-3-5-7-9-11(15)16/h3-9H2,1-2H3,(H,12,14)(H,15,16). The first kappa shape index (κ1) is 14.9. The maximum atomic E-state index is 11.2. The average Bonchev–Trinajstić information content (AvgIpc) is 2.14. The minimum atomic E-state index is -0.731. The molecule has 0 rings (SSSR count). The Hall–Kier alpha value is -1.10. The second-order valence-electron chi connectivity index (χ2n) is 4.09. The molecule has 0 saturated carbocycles. The van der Waals surface area contributed by atoms with Crippen LogP contribution in [0.25, 0.3) is 0 Å². The Morgan fingerprint density at radius 2 is 1.50 bits per heavy atom. The molecule has 0 aromatic rings. The number of carboxylic acid groups (broad SMARTS) is 1. The molecule has 0 unspecified atom stereocenters. The van der Waals surface area contributed by atoms with Gasteiger partial charge in [-0.1, -0.05) is 19.3 Å². The van der Waals surface area contributed by atoms with E-state index in [1.165, 1.54) is 0 Å². The molecule has 0 radical (unpaired) electrons. The highest BCUT2D eigenvalue weighted by molar-refractivity contribution is 5.75. The van der Waals surface area contributed by atoms with Crippen molar-refractivity contribution in [2.24, 2.45) is 0 Å². The predicted octanol–water partition coefficient (Wildman–Crippen LogP) is 1.39. The Bertz CT molecular complexity index is 217. The van der Waals surface area contributed by atoms with Crippen LogP contribution in [-0.4, -0.2) is 36.1 Å². The molecule has 0 aliphatic rings. The van der Waals surface area contributed by atoms with E-state index in [-0.39, 0.29) is 12.3 Å². The largest absolute Gasteiger partial charge is 0.481 e. The second-order valence-corrected chi connectivity index (χ2v) is 4.09. The molecule has 16 heavy (non-hydrogen) atoms. The number of hydrogen-bond acceptors (Lipinski definition) is 3. The Labute approximate surface area is 96.8 Å². The van der Waals surface area contributed by atoms with Gasteiger partial charge in [0, 0.05) is 26.9 Å². The third-order valence-corrected chi connectivity index (χ3v) is 2.14. The normalized spacial score (nSPS) is 10.4. The van der Waals surface area contributed by atoms with Crippen molar-refractivity contribution in [3.63, 3.8) is 0 Å². The summed E-state index contributed by atoms with van der Waals surface area (Å²) in [7, 11) is 3.56. The van der Waals surface area contributed by atoms with Crippen molar-refractivity contribution in [3.05, 3.63) is 0 Å². The summed E-state index contributed by atoms with van der Waals surface area (Å²) in [5, 5.41) is 10.0. The lowest BCUT2D eigenvalue weighted by Gasteiger charge is -2.11. The number of rotatable bonds is 9. The van der Waals surface area contributed by atoms with Gasteiger partial charge >= 0.3 is 5.97 Å². The summed E-state index contributed by atoms with van der Waals surface area (Å²) in [4.78, 5) is 21.4. The third-order valence-electron chi connectivity index (χ3n) is 2.14. The number of unbranched alkanes of at least 4 members (excludes halogenated alkanes) is 4. The molecule has 0 fully saturated rings. The van der Waals surface area contributed by atoms with Crippen molar-refractivity contribution in [1.29, 1.82) is 0 Å². The molecule has 5 heteroatoms. The Kier molecular flexibility index (Phi) is 8.52. The van der Waals surface area contributed by atoms with Gasteiger partial charge in [0.2, 0.25) is 5.91 Å². The van der Waals surface area contributed by atoms with E-state index in [0.29, 0.717) is 6.42 Å². The summed E-state index contributed by atoms with van der Waals surface area (Å²) in [6, 6.07) is 0. The number of nitrogens with one attached hydrogen (secondary N) is 1. The highest BCUT2D eigenvalue weighted by atomic mass is 16.4. The Balaban J connectivity index is 3.20. The minimum Gasteiger partial charge on any atom is -0.481 e. The molecule has 0 spiro atoms. The van der Waals surface area contributed by atoms with E-state index in [2.05, 4.69) is 5.43 Å². The van der Waals surface area contributed by atoms with Crippen LogP contribution in [0.4, 0.5) is 0 Å². The van der Waals surface area contributed by atoms with Crippen molar-refractivity contribution >= 4 is 11.9 Å². The summed E-state index contributed by atoms with van der Waals surface area (Å²) in [6.45, 7) is 0. The van der Waals surface area contributed by atoms with E-state index >= 15 is 0 Å². The summed E-state index contributed by atoms with van der Waals surface area (Å²) in [6.07, 6.45) is 5.31. The van der Waals surface area contributed by atoms with Crippen LogP contribution in [0.15, 0.2) is 0 Å². The molecule has 5 nitrogen and oxygen atoms in total. The molecule has 94 valence electrons. The molecule has 0 aliphatic carbocycles. The quantitative estimate of drug-likeness (QED) is 0.464. The van der Waals surface area contributed by atoms with E-state index in [1.807, 2.05) is 0 Å². The number of hydrazine groups is 1. The predicted molar refractivity (Wildman–Crippen MR) is 61.8 cm³/mol. The molecular weight excluding hydrogens is 208 g/mol. The topological polar surface area (TPSA) is 69.6 Å². The number of nitrogens with zero attached hydrogens (tertiary/aromatic N) is 1. The third kappa shape index (κ3) is 11.0. The lowest BCUT2D eigenvalue weighted by atomic mass is 10.1. The van der Waals surface area contributed by atoms with Gasteiger partial charge in [-0.15, -0.1) is 0 Å². The van der Waals surface area contributed by atoms with Crippen LogP contribution in [0.3, 0.4) is 0 Å². The van der Waals surface area contributed by atoms with Gasteiger partial charge in [-0.05, 0) is 12.8 Å². The zero-order valence-corrected chi connectivity index (χ0v) is 10.2. The maximum absolute atomic E-state index is 11.2. The fourth-order valence-corrected chi connectivity index (χ4v) is 1.40. The van der Waals surface area contributed by atoms with Crippen molar-refractivity contribution in [1.82, 2.24) is 10.4 Å². The molecular formula is C11H22N2O3. The Morgan fingerprint density at radius 3 is 2.00 bits per heavy atom. The number of aliphatic carboxylic acids is 1. The van der Waals surface area contributed by atoms with Gasteiger partial charge in [0.15, 0.2) is 0 Å². The summed E-state index contributed by atoms with van der Waals surface area (Å²) < 4.78 is 0. The van der Waals surface area contributed by atoms with Gasteiger partial charge in [0.1, 0.15) is 0 Å². The lowest BCUT2D eigenvalue weighted by molar-refractivity contribution is -0.137. The first-order valence-corrected chi connectivity index (χ1v) is 5.71. The zero-order chi connectivity index (χ0) is 12.4.